The number of nitrogens with zero attached hydrogens (tertiary/aromatic N) is 2. The van der Waals surface area contributed by atoms with E-state index < -0.39 is 47.6 Å². The van der Waals surface area contributed by atoms with E-state index in [9.17, 15) is 19.7 Å². The predicted molar refractivity (Wildman–Crippen MR) is 107 cm³/mol. The summed E-state index contributed by atoms with van der Waals surface area (Å²) in [5.41, 5.74) is -0.0642. The summed E-state index contributed by atoms with van der Waals surface area (Å²) in [7, 11) is 0. The number of carbonyl (C=O) groups is 2. The third-order valence-corrected chi connectivity index (χ3v) is 5.09. The van der Waals surface area contributed by atoms with Crippen molar-refractivity contribution < 1.29 is 24.0 Å². The van der Waals surface area contributed by atoms with Crippen molar-refractivity contribution in [2.45, 2.75) is 65.8 Å². The largest absolute Gasteiger partial charge is 0.464 e. The number of ether oxygens (including phenoxy) is 2. The Morgan fingerprint density at radius 3 is 2.24 bits per heavy atom. The van der Waals surface area contributed by atoms with Gasteiger partial charge in [-0.3, -0.25) is 15.0 Å². The first kappa shape index (κ1) is 22.6. The van der Waals surface area contributed by atoms with Crippen molar-refractivity contribution in [3.8, 4) is 0 Å². The molecule has 4 atom stereocenters. The third kappa shape index (κ3) is 4.68. The maximum Gasteiger partial charge on any atom is 0.411 e. The van der Waals surface area contributed by atoms with Gasteiger partial charge in [-0.25, -0.2) is 9.59 Å². The Labute approximate surface area is 171 Å². The van der Waals surface area contributed by atoms with Crippen molar-refractivity contribution >= 4 is 12.1 Å². The van der Waals surface area contributed by atoms with E-state index in [2.05, 4.69) is 0 Å². The molecular formula is C21H30N2O6. The fraction of sp³-hybridized carbons (Fsp3) is 0.619. The summed E-state index contributed by atoms with van der Waals surface area (Å²) >= 11 is 0. The minimum Gasteiger partial charge on any atom is -0.464 e. The highest BCUT2D eigenvalue weighted by Crippen LogP contribution is 2.49. The number of carbonyl (C=O) groups excluding carboxylic acids is 2. The van der Waals surface area contributed by atoms with Crippen molar-refractivity contribution in [1.82, 2.24) is 4.90 Å². The molecule has 0 saturated carbocycles. The second-order valence-corrected chi connectivity index (χ2v) is 8.56. The van der Waals surface area contributed by atoms with Gasteiger partial charge in [-0.15, -0.1) is 0 Å². The Balaban J connectivity index is 2.72. The molecule has 0 bridgehead atoms. The lowest BCUT2D eigenvalue weighted by molar-refractivity contribution is -0.536. The van der Waals surface area contributed by atoms with Gasteiger partial charge in [-0.1, -0.05) is 51.1 Å². The first-order valence-corrected chi connectivity index (χ1v) is 9.84. The number of amides is 1. The van der Waals surface area contributed by atoms with E-state index in [1.807, 2.05) is 20.8 Å². The Bertz CT molecular complexity index is 743. The molecule has 0 radical (unpaired) electrons. The van der Waals surface area contributed by atoms with Gasteiger partial charge in [0.15, 0.2) is 0 Å². The van der Waals surface area contributed by atoms with Gasteiger partial charge in [0.1, 0.15) is 12.1 Å². The number of hydrogen-bond donors (Lipinski definition) is 0. The molecule has 2 rings (SSSR count). The fourth-order valence-corrected chi connectivity index (χ4v) is 4.11. The van der Waals surface area contributed by atoms with Crippen LogP contribution in [0.3, 0.4) is 0 Å². The Hall–Kier alpha value is -2.64. The van der Waals surface area contributed by atoms with Gasteiger partial charge in [-0.2, -0.15) is 0 Å². The van der Waals surface area contributed by atoms with E-state index in [1.165, 1.54) is 4.90 Å². The molecule has 1 aliphatic heterocycles. The summed E-state index contributed by atoms with van der Waals surface area (Å²) in [5.74, 6) is -1.42. The SMILES string of the molecule is CCOC(=O)[C@@H]1[C@@H](C(C)(C)C)[C@H]([N+](=O)[O-])[C@H](c2ccccc2)N1C(=O)OC(C)C. The molecule has 0 spiro atoms. The third-order valence-electron chi connectivity index (χ3n) is 5.09. The van der Waals surface area contributed by atoms with Crippen LogP contribution in [0.2, 0.25) is 0 Å². The number of esters is 1. The van der Waals surface area contributed by atoms with Crippen molar-refractivity contribution in [3.05, 3.63) is 46.0 Å². The zero-order chi connectivity index (χ0) is 21.9. The van der Waals surface area contributed by atoms with Gasteiger partial charge in [0, 0.05) is 4.92 Å². The van der Waals surface area contributed by atoms with Crippen LogP contribution in [0.4, 0.5) is 4.79 Å². The Morgan fingerprint density at radius 1 is 1.21 bits per heavy atom. The van der Waals surface area contributed by atoms with Crippen LogP contribution in [0.5, 0.6) is 0 Å². The highest BCUT2D eigenvalue weighted by Gasteiger charge is 2.64. The summed E-state index contributed by atoms with van der Waals surface area (Å²) in [6, 6.07) is 5.49. The Kier molecular flexibility index (Phi) is 6.87. The topological polar surface area (TPSA) is 99.0 Å². The average Bonchev–Trinajstić information content (AvgIpc) is 2.99. The highest BCUT2D eigenvalue weighted by molar-refractivity contribution is 5.83. The van der Waals surface area contributed by atoms with Crippen molar-refractivity contribution in [2.24, 2.45) is 11.3 Å². The summed E-state index contributed by atoms with van der Waals surface area (Å²) in [6.07, 6.45) is -1.20. The lowest BCUT2D eigenvalue weighted by atomic mass is 9.73. The molecule has 8 heteroatoms. The van der Waals surface area contributed by atoms with Crippen molar-refractivity contribution in [2.75, 3.05) is 6.61 Å². The summed E-state index contributed by atoms with van der Waals surface area (Å²) in [4.78, 5) is 39.1. The minimum absolute atomic E-state index is 0.110. The van der Waals surface area contributed by atoms with E-state index in [4.69, 9.17) is 9.47 Å². The highest BCUT2D eigenvalue weighted by atomic mass is 16.6. The molecule has 1 amide bonds. The second-order valence-electron chi connectivity index (χ2n) is 8.56. The second kappa shape index (κ2) is 8.80. The monoisotopic (exact) mass is 406 g/mol. The minimum atomic E-state index is -1.19. The molecule has 1 heterocycles. The molecule has 160 valence electrons. The lowest BCUT2D eigenvalue weighted by Crippen LogP contribution is -2.48. The van der Waals surface area contributed by atoms with Crippen molar-refractivity contribution in [3.63, 3.8) is 0 Å². The van der Waals surface area contributed by atoms with Gasteiger partial charge < -0.3 is 9.47 Å². The molecule has 29 heavy (non-hydrogen) atoms. The first-order valence-electron chi connectivity index (χ1n) is 9.84. The molecular weight excluding hydrogens is 376 g/mol. The maximum absolute atomic E-state index is 13.1. The van der Waals surface area contributed by atoms with Gasteiger partial charge in [0.05, 0.1) is 18.6 Å². The summed E-state index contributed by atoms with van der Waals surface area (Å²) < 4.78 is 10.6. The molecule has 1 aliphatic rings. The van der Waals surface area contributed by atoms with E-state index >= 15 is 0 Å². The predicted octanol–water partition coefficient (Wildman–Crippen LogP) is 3.83. The molecule has 0 N–H and O–H groups in total. The van der Waals surface area contributed by atoms with Crippen LogP contribution in [0.1, 0.15) is 53.1 Å². The quantitative estimate of drug-likeness (QED) is 0.419. The number of benzene rings is 1. The summed E-state index contributed by atoms with van der Waals surface area (Å²) in [6.45, 7) is 10.7. The molecule has 1 aromatic carbocycles. The molecule has 0 unspecified atom stereocenters. The average molecular weight is 406 g/mol. The number of rotatable bonds is 5. The van der Waals surface area contributed by atoms with Crippen LogP contribution in [0.25, 0.3) is 0 Å². The summed E-state index contributed by atoms with van der Waals surface area (Å²) in [5, 5.41) is 12.2. The van der Waals surface area contributed by atoms with Crippen LogP contribution < -0.4 is 0 Å². The smallest absolute Gasteiger partial charge is 0.411 e. The molecule has 1 aromatic rings. The maximum atomic E-state index is 13.1. The Morgan fingerprint density at radius 2 is 1.79 bits per heavy atom. The first-order chi connectivity index (χ1) is 13.5. The fourth-order valence-electron chi connectivity index (χ4n) is 4.11. The van der Waals surface area contributed by atoms with Crippen LogP contribution in [-0.2, 0) is 14.3 Å². The van der Waals surface area contributed by atoms with Crippen LogP contribution >= 0.6 is 0 Å². The molecule has 1 fully saturated rings. The van der Waals surface area contributed by atoms with E-state index in [0.29, 0.717) is 5.56 Å². The van der Waals surface area contributed by atoms with E-state index in [-0.39, 0.29) is 11.5 Å². The zero-order valence-electron chi connectivity index (χ0n) is 17.8. The van der Waals surface area contributed by atoms with Crippen molar-refractivity contribution in [1.29, 1.82) is 0 Å². The van der Waals surface area contributed by atoms with Gasteiger partial charge in [0.25, 0.3) is 0 Å². The normalized spacial score (nSPS) is 24.4. The molecule has 1 saturated heterocycles. The van der Waals surface area contributed by atoms with Crippen LogP contribution in [-0.4, -0.2) is 46.7 Å². The number of hydrogen-bond acceptors (Lipinski definition) is 6. The van der Waals surface area contributed by atoms with Crippen LogP contribution in [0, 0.1) is 21.4 Å². The van der Waals surface area contributed by atoms with Crippen LogP contribution in [0.15, 0.2) is 30.3 Å². The van der Waals surface area contributed by atoms with E-state index in [0.717, 1.165) is 0 Å². The zero-order valence-corrected chi connectivity index (χ0v) is 17.8. The molecule has 0 aromatic heterocycles. The number of likely N-dealkylation sites (tertiary alicyclic amines) is 1. The van der Waals surface area contributed by atoms with E-state index in [1.54, 1.807) is 51.1 Å². The lowest BCUT2D eigenvalue weighted by Gasteiger charge is -2.33. The van der Waals surface area contributed by atoms with Gasteiger partial charge in [-0.05, 0) is 31.7 Å². The standard InChI is InChI=1S/C21H30N2O6/c1-7-28-19(24)18-15(21(4,5)6)17(23(26)27)16(14-11-9-8-10-12-14)22(18)20(25)29-13(2)3/h8-13,15-18H,7H2,1-6H3/t15-,16-,17-,18-/m0/s1. The van der Waals surface area contributed by atoms with Gasteiger partial charge >= 0.3 is 12.1 Å². The van der Waals surface area contributed by atoms with Gasteiger partial charge in [0.2, 0.25) is 6.04 Å². The molecule has 8 nitrogen and oxygen atoms in total. The number of nitro groups is 1. The molecule has 0 aliphatic carbocycles.